The maximum Gasteiger partial charge on any atom is 0.331 e. The van der Waals surface area contributed by atoms with Crippen LogP contribution in [0.2, 0.25) is 0 Å². The molecule has 0 fully saturated rings. The number of thiazole rings is 1. The number of carbonyl (C=O) groups excluding carboxylic acids is 1. The Morgan fingerprint density at radius 1 is 1.07 bits per heavy atom. The van der Waals surface area contributed by atoms with Gasteiger partial charge in [0.15, 0.2) is 9.92 Å². The fourth-order valence-electron chi connectivity index (χ4n) is 5.15. The molecule has 43 heavy (non-hydrogen) atoms. The van der Waals surface area contributed by atoms with Crippen molar-refractivity contribution in [2.24, 2.45) is 0 Å². The van der Waals surface area contributed by atoms with Gasteiger partial charge in [-0.15, -0.1) is 11.3 Å². The normalized spacial score (nSPS) is 18.1. The summed E-state index contributed by atoms with van der Waals surface area (Å²) in [5, 5.41) is 22.6. The number of hydrogen-bond acceptors (Lipinski definition) is 12. The number of amides is 2. The average molecular weight is 642 g/mol. The molecule has 2 amide bonds. The largest absolute Gasteiger partial charge is 0.394 e. The van der Waals surface area contributed by atoms with Crippen molar-refractivity contribution in [3.63, 3.8) is 0 Å². The standard InChI is InChI=1S/C28H43N5O8S2/c1-27(2)8-7-20-23(19-5-4-6-21(19)31-24(20)27)32-26(35)33-43(29,37)22-17-30-25(42-22)28(3,36)18-41-16-15-40-14-13-39-12-11-38-10-9-34/h17,34,36H,4-16,18H2,1-3H3,(H3,29,31,32,33,35,37)/t28-,43?/m0/s1. The van der Waals surface area contributed by atoms with E-state index in [0.29, 0.717) is 33.0 Å². The van der Waals surface area contributed by atoms with Gasteiger partial charge >= 0.3 is 6.03 Å². The summed E-state index contributed by atoms with van der Waals surface area (Å²) in [5.41, 5.74) is 3.21. The van der Waals surface area contributed by atoms with Crippen LogP contribution in [0, 0.1) is 4.78 Å². The third-order valence-corrected chi connectivity index (χ3v) is 10.5. The van der Waals surface area contributed by atoms with Crippen LogP contribution in [0.25, 0.3) is 0 Å². The first-order valence-corrected chi connectivity index (χ1v) is 16.9. The van der Waals surface area contributed by atoms with Crippen molar-refractivity contribution >= 4 is 33.0 Å². The van der Waals surface area contributed by atoms with Gasteiger partial charge in [0.1, 0.15) is 14.8 Å². The molecule has 1 unspecified atom stereocenters. The zero-order chi connectivity index (χ0) is 31.1. The number of hydrogen-bond donors (Lipinski definition) is 5. The Morgan fingerprint density at radius 3 is 2.40 bits per heavy atom. The van der Waals surface area contributed by atoms with E-state index < -0.39 is 21.5 Å². The number of aromatic nitrogens is 2. The molecule has 13 nitrogen and oxygen atoms in total. The number of ether oxygens (including phenoxy) is 4. The van der Waals surface area contributed by atoms with E-state index in [1.54, 1.807) is 0 Å². The summed E-state index contributed by atoms with van der Waals surface area (Å²) in [6.45, 7) is 8.11. The van der Waals surface area contributed by atoms with Crippen LogP contribution in [0.5, 0.6) is 0 Å². The van der Waals surface area contributed by atoms with Crippen LogP contribution in [-0.4, -0.2) is 89.9 Å². The van der Waals surface area contributed by atoms with E-state index in [1.165, 1.54) is 13.1 Å². The van der Waals surface area contributed by atoms with E-state index in [-0.39, 0.29) is 41.1 Å². The summed E-state index contributed by atoms with van der Waals surface area (Å²) in [6, 6.07) is -0.724. The molecule has 4 rings (SSSR count). The van der Waals surface area contributed by atoms with Gasteiger partial charge in [-0.25, -0.2) is 23.5 Å². The Labute approximate surface area is 256 Å². The second-order valence-corrected chi connectivity index (χ2v) is 14.5. The molecule has 0 saturated carbocycles. The molecule has 0 aromatic carbocycles. The molecule has 0 aliphatic heterocycles. The van der Waals surface area contributed by atoms with Gasteiger partial charge in [-0.3, -0.25) is 4.98 Å². The molecule has 0 radical (unpaired) electrons. The predicted molar refractivity (Wildman–Crippen MR) is 161 cm³/mol. The predicted octanol–water partition coefficient (Wildman–Crippen LogP) is 2.66. The van der Waals surface area contributed by atoms with E-state index >= 15 is 0 Å². The minimum absolute atomic E-state index is 0.0186. The van der Waals surface area contributed by atoms with Crippen molar-refractivity contribution in [3.8, 4) is 0 Å². The lowest BCUT2D eigenvalue weighted by molar-refractivity contribution is -0.0561. The van der Waals surface area contributed by atoms with Crippen LogP contribution in [0.15, 0.2) is 10.4 Å². The van der Waals surface area contributed by atoms with Gasteiger partial charge in [0.05, 0.1) is 77.0 Å². The van der Waals surface area contributed by atoms with Crippen molar-refractivity contribution < 1.29 is 38.2 Å². The van der Waals surface area contributed by atoms with E-state index in [0.717, 1.165) is 71.6 Å². The second kappa shape index (κ2) is 14.7. The molecule has 2 aliphatic carbocycles. The number of urea groups is 1. The van der Waals surface area contributed by atoms with Gasteiger partial charge in [0.2, 0.25) is 0 Å². The summed E-state index contributed by atoms with van der Waals surface area (Å²) in [4.78, 5) is 22.1. The van der Waals surface area contributed by atoms with Crippen molar-refractivity contribution in [2.75, 3.05) is 64.8 Å². The number of nitrogens with zero attached hydrogens (tertiary/aromatic N) is 2. The Morgan fingerprint density at radius 2 is 1.72 bits per heavy atom. The Kier molecular flexibility index (Phi) is 11.5. The number of aryl methyl sites for hydroxylation is 1. The van der Waals surface area contributed by atoms with E-state index in [1.807, 2.05) is 0 Å². The van der Waals surface area contributed by atoms with Crippen LogP contribution in [0.3, 0.4) is 0 Å². The third-order valence-electron chi connectivity index (χ3n) is 7.40. The number of aliphatic hydroxyl groups is 2. The van der Waals surface area contributed by atoms with Crippen molar-refractivity contribution in [1.29, 1.82) is 4.78 Å². The highest BCUT2D eigenvalue weighted by atomic mass is 32.2. The number of nitrogens with one attached hydrogen (secondary N) is 3. The van der Waals surface area contributed by atoms with Gasteiger partial charge in [-0.05, 0) is 50.2 Å². The SMILES string of the molecule is CC1(C)CCc2c1nc1c(c2NC(=O)NS(=N)(=O)c2cnc([C@@](C)(O)COCCOCCOCCOCCO)s2)CCC1. The zero-order valence-electron chi connectivity index (χ0n) is 25.0. The van der Waals surface area contributed by atoms with Crippen molar-refractivity contribution in [3.05, 3.63) is 33.7 Å². The summed E-state index contributed by atoms with van der Waals surface area (Å²) < 4.78 is 45.4. The molecule has 240 valence electrons. The van der Waals surface area contributed by atoms with Gasteiger partial charge in [0.25, 0.3) is 0 Å². The molecular weight excluding hydrogens is 598 g/mol. The molecule has 0 spiro atoms. The molecule has 0 bridgehead atoms. The van der Waals surface area contributed by atoms with Crippen LogP contribution in [-0.2, 0) is 59.1 Å². The molecular formula is C28H43N5O8S2. The van der Waals surface area contributed by atoms with Crippen LogP contribution in [0.1, 0.15) is 61.1 Å². The lowest BCUT2D eigenvalue weighted by Gasteiger charge is -2.21. The molecule has 15 heteroatoms. The first kappa shape index (κ1) is 33.6. The van der Waals surface area contributed by atoms with E-state index in [4.69, 9.17) is 33.8 Å². The highest BCUT2D eigenvalue weighted by molar-refractivity contribution is 7.93. The maximum absolute atomic E-state index is 13.3. The van der Waals surface area contributed by atoms with Crippen molar-refractivity contribution in [2.45, 2.75) is 68.1 Å². The van der Waals surface area contributed by atoms with Gasteiger partial charge in [-0.1, -0.05) is 13.8 Å². The minimum Gasteiger partial charge on any atom is -0.394 e. The van der Waals surface area contributed by atoms with Gasteiger partial charge < -0.3 is 34.5 Å². The molecule has 2 aromatic rings. The van der Waals surface area contributed by atoms with Crippen LogP contribution >= 0.6 is 11.3 Å². The monoisotopic (exact) mass is 641 g/mol. The van der Waals surface area contributed by atoms with Crippen LogP contribution in [0.4, 0.5) is 10.5 Å². The Hall–Kier alpha value is -2.24. The zero-order valence-corrected chi connectivity index (χ0v) is 26.7. The molecule has 2 atom stereocenters. The summed E-state index contributed by atoms with van der Waals surface area (Å²) >= 11 is 0.891. The fraction of sp³-hybridized carbons (Fsp3) is 0.679. The molecule has 5 N–H and O–H groups in total. The molecule has 2 heterocycles. The van der Waals surface area contributed by atoms with E-state index in [9.17, 15) is 14.1 Å². The quantitative estimate of drug-likeness (QED) is 0.161. The fourth-order valence-corrected chi connectivity index (χ4v) is 7.28. The smallest absolute Gasteiger partial charge is 0.331 e. The topological polar surface area (TPSA) is 185 Å². The third kappa shape index (κ3) is 8.69. The number of pyridine rings is 1. The summed E-state index contributed by atoms with van der Waals surface area (Å²) in [5.74, 6) is 0. The molecule has 2 aliphatic rings. The Balaban J connectivity index is 1.25. The van der Waals surface area contributed by atoms with Crippen LogP contribution < -0.4 is 10.0 Å². The number of anilines is 1. The van der Waals surface area contributed by atoms with Crippen molar-refractivity contribution in [1.82, 2.24) is 14.7 Å². The van der Waals surface area contributed by atoms with E-state index in [2.05, 4.69) is 28.9 Å². The average Bonchev–Trinajstić information content (AvgIpc) is 3.69. The number of aliphatic hydroxyl groups excluding tert-OH is 1. The highest BCUT2D eigenvalue weighted by Gasteiger charge is 2.37. The number of fused-ring (bicyclic) bond motifs is 2. The second-order valence-electron chi connectivity index (χ2n) is 11.5. The molecule has 2 aromatic heterocycles. The van der Waals surface area contributed by atoms with Gasteiger partial charge in [0, 0.05) is 11.1 Å². The summed E-state index contributed by atoms with van der Waals surface area (Å²) in [6.07, 6.45) is 5.63. The number of rotatable bonds is 17. The lowest BCUT2D eigenvalue weighted by Crippen LogP contribution is -2.34. The first-order chi connectivity index (χ1) is 20.4. The minimum atomic E-state index is -3.74. The summed E-state index contributed by atoms with van der Waals surface area (Å²) in [7, 11) is -3.74. The van der Waals surface area contributed by atoms with Gasteiger partial charge in [-0.2, -0.15) is 0 Å². The molecule has 0 saturated heterocycles. The Bertz CT molecular complexity index is 1360. The maximum atomic E-state index is 13.3. The highest BCUT2D eigenvalue weighted by Crippen LogP contribution is 2.44. The lowest BCUT2D eigenvalue weighted by atomic mass is 9.90. The first-order valence-electron chi connectivity index (χ1n) is 14.5. The number of carbonyl (C=O) groups is 1.